The zero-order chi connectivity index (χ0) is 19.3. The second-order valence-corrected chi connectivity index (χ2v) is 8.30. The van der Waals surface area contributed by atoms with Gasteiger partial charge in [0.25, 0.3) is 0 Å². The summed E-state index contributed by atoms with van der Waals surface area (Å²) in [5, 5.41) is 4.97. The van der Waals surface area contributed by atoms with Crippen LogP contribution in [0.5, 0.6) is 0 Å². The number of thiophene rings is 1. The largest absolute Gasteiger partial charge is 0.368 e. The smallest absolute Gasteiger partial charge is 0.237 e. The van der Waals surface area contributed by atoms with Gasteiger partial charge in [0.1, 0.15) is 0 Å². The summed E-state index contributed by atoms with van der Waals surface area (Å²) in [4.78, 5) is 32.9. The van der Waals surface area contributed by atoms with Crippen LogP contribution < -0.4 is 10.2 Å². The van der Waals surface area contributed by atoms with Crippen LogP contribution in [0.1, 0.15) is 11.3 Å². The fourth-order valence-electron chi connectivity index (χ4n) is 3.92. The molecular weight excluding hydrogens is 372 g/mol. The first kappa shape index (κ1) is 19.0. The molecule has 28 heavy (non-hydrogen) atoms. The van der Waals surface area contributed by atoms with Crippen LogP contribution in [-0.2, 0) is 16.1 Å². The van der Waals surface area contributed by atoms with Crippen molar-refractivity contribution in [2.24, 2.45) is 0 Å². The zero-order valence-corrected chi connectivity index (χ0v) is 16.7. The summed E-state index contributed by atoms with van der Waals surface area (Å²) in [7, 11) is 0. The first-order valence-corrected chi connectivity index (χ1v) is 10.7. The highest BCUT2D eigenvalue weighted by Crippen LogP contribution is 2.20. The summed E-state index contributed by atoms with van der Waals surface area (Å²) in [5.41, 5.74) is 1.20. The van der Waals surface area contributed by atoms with Crippen LogP contribution >= 0.6 is 11.3 Å². The predicted octanol–water partition coefficient (Wildman–Crippen LogP) is 1.79. The molecule has 0 unspecified atom stereocenters. The van der Waals surface area contributed by atoms with Crippen molar-refractivity contribution in [1.29, 1.82) is 0 Å². The Hall–Kier alpha value is -2.38. The molecule has 0 saturated carbocycles. The van der Waals surface area contributed by atoms with E-state index in [4.69, 9.17) is 0 Å². The molecule has 2 aliphatic rings. The van der Waals surface area contributed by atoms with Gasteiger partial charge in [-0.3, -0.25) is 14.5 Å². The lowest BCUT2D eigenvalue weighted by atomic mass is 10.1. The van der Waals surface area contributed by atoms with Crippen molar-refractivity contribution in [2.45, 2.75) is 19.0 Å². The topological polar surface area (TPSA) is 55.9 Å². The number of hydrogen-bond acceptors (Lipinski definition) is 5. The van der Waals surface area contributed by atoms with E-state index in [1.807, 2.05) is 34.5 Å². The Kier molecular flexibility index (Phi) is 5.92. The quantitative estimate of drug-likeness (QED) is 0.834. The minimum atomic E-state index is -0.379. The lowest BCUT2D eigenvalue weighted by molar-refractivity contribution is -0.139. The van der Waals surface area contributed by atoms with Gasteiger partial charge >= 0.3 is 0 Å². The van der Waals surface area contributed by atoms with Crippen LogP contribution in [0, 0.1) is 0 Å². The average Bonchev–Trinajstić information content (AvgIpc) is 3.24. The first-order chi connectivity index (χ1) is 13.7. The van der Waals surface area contributed by atoms with E-state index in [9.17, 15) is 9.59 Å². The minimum Gasteiger partial charge on any atom is -0.368 e. The van der Waals surface area contributed by atoms with Crippen LogP contribution in [0.3, 0.4) is 0 Å². The normalized spacial score (nSPS) is 20.9. The number of anilines is 1. The molecule has 148 valence electrons. The van der Waals surface area contributed by atoms with Gasteiger partial charge in [0.15, 0.2) is 0 Å². The molecule has 2 aliphatic heterocycles. The first-order valence-electron chi connectivity index (χ1n) is 9.82. The number of hydrogen-bond donors (Lipinski definition) is 1. The van der Waals surface area contributed by atoms with Gasteiger partial charge in [0.2, 0.25) is 11.8 Å². The van der Waals surface area contributed by atoms with E-state index < -0.39 is 0 Å². The highest BCUT2D eigenvalue weighted by atomic mass is 32.1. The number of para-hydroxylation sites is 1. The van der Waals surface area contributed by atoms with Gasteiger partial charge in [-0.2, -0.15) is 0 Å². The number of nitrogens with one attached hydrogen (secondary N) is 1. The Morgan fingerprint density at radius 2 is 1.82 bits per heavy atom. The lowest BCUT2D eigenvalue weighted by Crippen LogP contribution is -2.57. The molecule has 0 spiro atoms. The molecule has 2 aromatic rings. The van der Waals surface area contributed by atoms with Gasteiger partial charge in [-0.1, -0.05) is 24.3 Å². The van der Waals surface area contributed by atoms with Gasteiger partial charge < -0.3 is 15.1 Å². The lowest BCUT2D eigenvalue weighted by Gasteiger charge is -2.38. The maximum absolute atomic E-state index is 12.9. The minimum absolute atomic E-state index is 0.0286. The molecule has 2 saturated heterocycles. The van der Waals surface area contributed by atoms with Crippen molar-refractivity contribution in [3.8, 4) is 0 Å². The van der Waals surface area contributed by atoms with Crippen LogP contribution in [0.4, 0.5) is 5.69 Å². The molecule has 1 aromatic carbocycles. The molecule has 1 aromatic heterocycles. The van der Waals surface area contributed by atoms with Crippen LogP contribution in [0.15, 0.2) is 47.8 Å². The van der Waals surface area contributed by atoms with Crippen LogP contribution in [0.25, 0.3) is 0 Å². The summed E-state index contributed by atoms with van der Waals surface area (Å²) >= 11 is 1.69. The molecule has 4 rings (SSSR count). The van der Waals surface area contributed by atoms with Crippen molar-refractivity contribution in [3.63, 3.8) is 0 Å². The van der Waals surface area contributed by atoms with E-state index in [2.05, 4.69) is 33.3 Å². The third kappa shape index (κ3) is 4.36. The third-order valence-electron chi connectivity index (χ3n) is 5.50. The molecule has 6 nitrogen and oxygen atoms in total. The monoisotopic (exact) mass is 398 g/mol. The van der Waals surface area contributed by atoms with E-state index in [-0.39, 0.29) is 24.3 Å². The number of rotatable bonds is 5. The summed E-state index contributed by atoms with van der Waals surface area (Å²) in [6, 6.07) is 14.0. The van der Waals surface area contributed by atoms with E-state index in [0.29, 0.717) is 19.6 Å². The van der Waals surface area contributed by atoms with E-state index in [1.165, 1.54) is 10.6 Å². The molecule has 1 atom stereocenters. The molecule has 2 fully saturated rings. The predicted molar refractivity (Wildman–Crippen MR) is 111 cm³/mol. The highest BCUT2D eigenvalue weighted by molar-refractivity contribution is 7.09. The number of piperazine rings is 2. The molecule has 0 radical (unpaired) electrons. The van der Waals surface area contributed by atoms with E-state index in [0.717, 1.165) is 26.2 Å². The Bertz CT molecular complexity index is 788. The fourth-order valence-corrected chi connectivity index (χ4v) is 4.65. The van der Waals surface area contributed by atoms with Gasteiger partial charge in [-0.05, 0) is 23.6 Å². The molecule has 0 bridgehead atoms. The summed E-state index contributed by atoms with van der Waals surface area (Å²) < 4.78 is 0. The molecule has 3 heterocycles. The molecule has 0 aliphatic carbocycles. The maximum Gasteiger partial charge on any atom is 0.237 e. The molecular formula is C21H26N4O2S. The van der Waals surface area contributed by atoms with Crippen molar-refractivity contribution in [1.82, 2.24) is 15.1 Å². The van der Waals surface area contributed by atoms with Crippen molar-refractivity contribution >= 4 is 28.8 Å². The van der Waals surface area contributed by atoms with Crippen molar-refractivity contribution in [3.05, 3.63) is 52.7 Å². The third-order valence-corrected chi connectivity index (χ3v) is 6.36. The van der Waals surface area contributed by atoms with E-state index >= 15 is 0 Å². The standard InChI is InChI=1S/C21H26N4O2S/c26-20(24-12-10-23(11-13-24)17-5-2-1-3-6-17)15-19-21(27)22-8-9-25(19)16-18-7-4-14-28-18/h1-7,14,19H,8-13,15-16H2,(H,22,27)/t19-/m0/s1. The number of carbonyl (C=O) groups is 2. The Balaban J connectivity index is 1.34. The van der Waals surface area contributed by atoms with Gasteiger partial charge in [0, 0.05) is 56.4 Å². The molecule has 7 heteroatoms. The molecule has 2 amide bonds. The summed E-state index contributed by atoms with van der Waals surface area (Å²) in [6.07, 6.45) is 0.253. The zero-order valence-electron chi connectivity index (χ0n) is 15.9. The van der Waals surface area contributed by atoms with Gasteiger partial charge in [-0.15, -0.1) is 11.3 Å². The number of amides is 2. The molecule has 1 N–H and O–H groups in total. The Morgan fingerprint density at radius 3 is 2.54 bits per heavy atom. The van der Waals surface area contributed by atoms with Gasteiger partial charge in [0.05, 0.1) is 12.5 Å². The highest BCUT2D eigenvalue weighted by Gasteiger charge is 2.33. The second kappa shape index (κ2) is 8.75. The number of nitrogens with zero attached hydrogens (tertiary/aromatic N) is 3. The van der Waals surface area contributed by atoms with Crippen LogP contribution in [-0.4, -0.2) is 66.9 Å². The maximum atomic E-state index is 12.9. The van der Waals surface area contributed by atoms with Crippen LogP contribution in [0.2, 0.25) is 0 Å². The van der Waals surface area contributed by atoms with Crippen molar-refractivity contribution in [2.75, 3.05) is 44.2 Å². The summed E-state index contributed by atoms with van der Waals surface area (Å²) in [5.74, 6) is 0.0463. The second-order valence-electron chi connectivity index (χ2n) is 7.26. The van der Waals surface area contributed by atoms with Gasteiger partial charge in [-0.25, -0.2) is 0 Å². The number of benzene rings is 1. The van der Waals surface area contributed by atoms with E-state index in [1.54, 1.807) is 11.3 Å². The SMILES string of the molecule is O=C1NCCN(Cc2cccs2)[C@H]1CC(=O)N1CCN(c2ccccc2)CC1. The Morgan fingerprint density at radius 1 is 1.04 bits per heavy atom. The number of carbonyl (C=O) groups excluding carboxylic acids is 2. The summed E-state index contributed by atoms with van der Waals surface area (Å²) in [6.45, 7) is 5.20. The van der Waals surface area contributed by atoms with Crippen molar-refractivity contribution < 1.29 is 9.59 Å². The fraction of sp³-hybridized carbons (Fsp3) is 0.429. The average molecular weight is 399 g/mol. The Labute approximate surface area is 169 Å².